The highest BCUT2D eigenvalue weighted by Crippen LogP contribution is 2.40. The lowest BCUT2D eigenvalue weighted by molar-refractivity contribution is 0.0694. The van der Waals surface area contributed by atoms with Gasteiger partial charge < -0.3 is 10.2 Å². The summed E-state index contributed by atoms with van der Waals surface area (Å²) in [4.78, 5) is 9.85. The lowest BCUT2D eigenvalue weighted by Crippen LogP contribution is -2.02. The molecule has 0 fully saturated rings. The van der Waals surface area contributed by atoms with Crippen LogP contribution in [0.2, 0.25) is 0 Å². The fourth-order valence-electron chi connectivity index (χ4n) is 2.64. The largest absolute Gasteiger partial charge is 0.505 e. The van der Waals surface area contributed by atoms with Crippen molar-refractivity contribution in [2.75, 3.05) is 0 Å². The Labute approximate surface area is 169 Å². The zero-order valence-electron chi connectivity index (χ0n) is 14.7. The topological polar surface area (TPSA) is 191 Å². The molecule has 0 bridgehead atoms. The highest BCUT2D eigenvalue weighted by molar-refractivity contribution is 7.86. The Kier molecular flexibility index (Phi) is 5.30. The van der Waals surface area contributed by atoms with Gasteiger partial charge in [0.05, 0.1) is 4.90 Å². The van der Waals surface area contributed by atoms with E-state index in [2.05, 4.69) is 10.2 Å². The van der Waals surface area contributed by atoms with Crippen molar-refractivity contribution < 1.29 is 40.9 Å². The minimum Gasteiger partial charge on any atom is -0.505 e. The molecular formula is C17H12N2O9S2. The third-order valence-electron chi connectivity index (χ3n) is 3.99. The van der Waals surface area contributed by atoms with E-state index >= 15 is 0 Å². The van der Waals surface area contributed by atoms with Gasteiger partial charge in [-0.2, -0.15) is 16.8 Å². The van der Waals surface area contributed by atoms with E-state index in [1.54, 1.807) is 18.2 Å². The number of aromatic carboxylic acids is 1. The molecule has 4 N–H and O–H groups in total. The SMILES string of the molecule is O=C(O)c1cc2ccccc2c(N=Nc2cc(S(=O)(=O)O)ccc2S(=O)(=O)O)c1O. The highest BCUT2D eigenvalue weighted by Gasteiger charge is 2.21. The van der Waals surface area contributed by atoms with Crippen molar-refractivity contribution in [2.45, 2.75) is 9.79 Å². The number of carboxylic acids is 1. The molecule has 0 spiro atoms. The van der Waals surface area contributed by atoms with Gasteiger partial charge in [0.15, 0.2) is 5.75 Å². The van der Waals surface area contributed by atoms with E-state index in [1.807, 2.05) is 0 Å². The molecule has 0 unspecified atom stereocenters. The van der Waals surface area contributed by atoms with Crippen LogP contribution >= 0.6 is 0 Å². The van der Waals surface area contributed by atoms with Gasteiger partial charge in [-0.3, -0.25) is 9.11 Å². The molecule has 156 valence electrons. The van der Waals surface area contributed by atoms with Crippen LogP contribution < -0.4 is 0 Å². The average molecular weight is 452 g/mol. The molecule has 0 aliphatic carbocycles. The summed E-state index contributed by atoms with van der Waals surface area (Å²) in [6, 6.07) is 9.49. The first-order valence-corrected chi connectivity index (χ1v) is 10.8. The Morgan fingerprint density at radius 2 is 1.53 bits per heavy atom. The van der Waals surface area contributed by atoms with Gasteiger partial charge in [-0.25, -0.2) is 4.79 Å². The van der Waals surface area contributed by atoms with Crippen LogP contribution in [0.5, 0.6) is 5.75 Å². The highest BCUT2D eigenvalue weighted by atomic mass is 32.2. The smallest absolute Gasteiger partial charge is 0.339 e. The van der Waals surface area contributed by atoms with Gasteiger partial charge in [-0.1, -0.05) is 24.3 Å². The summed E-state index contributed by atoms with van der Waals surface area (Å²) in [6.07, 6.45) is 0. The summed E-state index contributed by atoms with van der Waals surface area (Å²) in [5, 5.41) is 27.5. The van der Waals surface area contributed by atoms with Crippen molar-refractivity contribution in [3.8, 4) is 5.75 Å². The number of fused-ring (bicyclic) bond motifs is 1. The van der Waals surface area contributed by atoms with Crippen LogP contribution in [-0.2, 0) is 20.2 Å². The number of phenols is 1. The quantitative estimate of drug-likeness (QED) is 0.332. The fourth-order valence-corrected chi connectivity index (χ4v) is 3.74. The number of hydrogen-bond donors (Lipinski definition) is 4. The van der Waals surface area contributed by atoms with Crippen LogP contribution in [0.4, 0.5) is 11.4 Å². The summed E-state index contributed by atoms with van der Waals surface area (Å²) in [5.74, 6) is -2.22. The maximum atomic E-state index is 11.6. The van der Waals surface area contributed by atoms with Gasteiger partial charge in [0.25, 0.3) is 20.2 Å². The first kappa shape index (κ1) is 21.3. The third kappa shape index (κ3) is 4.13. The minimum absolute atomic E-state index is 0.267. The van der Waals surface area contributed by atoms with Gasteiger partial charge in [-0.15, -0.1) is 10.2 Å². The standard InChI is InChI=1S/C17H12N2O9S2/c20-16-12(17(21)22)7-9-3-1-2-4-11(9)15(16)19-18-13-8-10(29(23,24)25)5-6-14(13)30(26,27)28/h1-8,20H,(H,21,22)(H,23,24,25)(H,26,27,28). The second-order valence-electron chi connectivity index (χ2n) is 5.93. The first-order chi connectivity index (χ1) is 13.9. The molecular weight excluding hydrogens is 440 g/mol. The number of azo groups is 1. The summed E-state index contributed by atoms with van der Waals surface area (Å²) in [5.41, 5.74) is -1.50. The molecule has 30 heavy (non-hydrogen) atoms. The first-order valence-electron chi connectivity index (χ1n) is 7.88. The van der Waals surface area contributed by atoms with Crippen molar-refractivity contribution >= 4 is 48.4 Å². The van der Waals surface area contributed by atoms with Gasteiger partial charge in [-0.05, 0) is 29.7 Å². The van der Waals surface area contributed by atoms with E-state index in [1.165, 1.54) is 12.1 Å². The molecule has 0 radical (unpaired) electrons. The van der Waals surface area contributed by atoms with E-state index in [0.29, 0.717) is 17.5 Å². The number of carbonyl (C=O) groups is 1. The summed E-state index contributed by atoms with van der Waals surface area (Å²) in [6.45, 7) is 0. The molecule has 0 aliphatic heterocycles. The average Bonchev–Trinajstić information content (AvgIpc) is 2.65. The molecule has 13 heteroatoms. The number of carboxylic acid groups (broad SMARTS) is 1. The molecule has 3 aromatic rings. The van der Waals surface area contributed by atoms with Crippen molar-refractivity contribution in [3.05, 3.63) is 54.1 Å². The zero-order valence-corrected chi connectivity index (χ0v) is 16.3. The predicted octanol–water partition coefficient (Wildman–Crippen LogP) is 3.15. The molecule has 11 nitrogen and oxygen atoms in total. The van der Waals surface area contributed by atoms with E-state index < -0.39 is 53.0 Å². The second-order valence-corrected chi connectivity index (χ2v) is 8.74. The third-order valence-corrected chi connectivity index (χ3v) is 5.74. The van der Waals surface area contributed by atoms with Crippen LogP contribution in [0.1, 0.15) is 10.4 Å². The van der Waals surface area contributed by atoms with E-state index in [4.69, 9.17) is 4.55 Å². The Bertz CT molecular complexity index is 1430. The van der Waals surface area contributed by atoms with Gasteiger partial charge in [0.2, 0.25) is 0 Å². The normalized spacial score (nSPS) is 12.5. The number of hydrogen-bond acceptors (Lipinski definition) is 8. The molecule has 3 rings (SSSR count). The van der Waals surface area contributed by atoms with Crippen LogP contribution in [-0.4, -0.2) is 42.1 Å². The number of nitrogens with zero attached hydrogens (tertiary/aromatic N) is 2. The lowest BCUT2D eigenvalue weighted by atomic mass is 10.0. The molecule has 0 saturated carbocycles. The Balaban J connectivity index is 2.29. The summed E-state index contributed by atoms with van der Waals surface area (Å²) < 4.78 is 64.3. The molecule has 0 saturated heterocycles. The zero-order chi connectivity index (χ0) is 22.3. The van der Waals surface area contributed by atoms with E-state index in [9.17, 15) is 36.4 Å². The molecule has 0 aliphatic rings. The number of benzene rings is 3. The fraction of sp³-hybridized carbons (Fsp3) is 0. The number of rotatable bonds is 5. The number of aromatic hydroxyl groups is 1. The van der Waals surface area contributed by atoms with Gasteiger partial charge in [0.1, 0.15) is 21.8 Å². The molecule has 0 amide bonds. The maximum absolute atomic E-state index is 11.6. The Morgan fingerprint density at radius 3 is 2.13 bits per heavy atom. The van der Waals surface area contributed by atoms with Gasteiger partial charge in [0, 0.05) is 5.39 Å². The molecule has 0 aromatic heterocycles. The summed E-state index contributed by atoms with van der Waals surface area (Å²) >= 11 is 0. The Morgan fingerprint density at radius 1 is 0.867 bits per heavy atom. The van der Waals surface area contributed by atoms with Crippen molar-refractivity contribution in [1.82, 2.24) is 0 Å². The van der Waals surface area contributed by atoms with Gasteiger partial charge >= 0.3 is 5.97 Å². The lowest BCUT2D eigenvalue weighted by Gasteiger charge is -2.08. The van der Waals surface area contributed by atoms with Crippen LogP contribution in [0, 0.1) is 0 Å². The maximum Gasteiger partial charge on any atom is 0.339 e. The molecule has 0 atom stereocenters. The van der Waals surface area contributed by atoms with Crippen molar-refractivity contribution in [1.29, 1.82) is 0 Å². The van der Waals surface area contributed by atoms with E-state index in [-0.39, 0.29) is 11.1 Å². The summed E-state index contributed by atoms with van der Waals surface area (Å²) in [7, 11) is -9.60. The predicted molar refractivity (Wildman–Crippen MR) is 103 cm³/mol. The Hall–Kier alpha value is -3.39. The van der Waals surface area contributed by atoms with Crippen molar-refractivity contribution in [3.63, 3.8) is 0 Å². The minimum atomic E-state index is -4.86. The van der Waals surface area contributed by atoms with Crippen LogP contribution in [0.25, 0.3) is 10.8 Å². The van der Waals surface area contributed by atoms with Crippen LogP contribution in [0.15, 0.2) is 68.6 Å². The monoisotopic (exact) mass is 452 g/mol. The van der Waals surface area contributed by atoms with Crippen molar-refractivity contribution in [2.24, 2.45) is 10.2 Å². The molecule has 0 heterocycles. The molecule has 3 aromatic carbocycles. The van der Waals surface area contributed by atoms with Crippen LogP contribution in [0.3, 0.4) is 0 Å². The second kappa shape index (κ2) is 7.46. The van der Waals surface area contributed by atoms with E-state index in [0.717, 1.165) is 6.07 Å².